The third kappa shape index (κ3) is 5.44. The molecule has 9 rings (SSSR count). The number of ether oxygens (including phenoxy) is 5. The van der Waals surface area contributed by atoms with Crippen LogP contribution < -0.4 is 9.64 Å². The van der Waals surface area contributed by atoms with Crippen molar-refractivity contribution in [2.75, 3.05) is 73.1 Å². The van der Waals surface area contributed by atoms with E-state index in [9.17, 15) is 19.5 Å². The molecule has 6 heterocycles. The maximum Gasteiger partial charge on any atom is 0.361 e. The van der Waals surface area contributed by atoms with Gasteiger partial charge in [0.05, 0.1) is 41.0 Å². The molecular weight excluding hydrogens is 793 g/mol. The number of esters is 4. The number of H-pyrrole nitrogens is 1. The second kappa shape index (κ2) is 14.7. The van der Waals surface area contributed by atoms with Crippen molar-refractivity contribution < 1.29 is 52.5 Å². The van der Waals surface area contributed by atoms with Crippen LogP contribution in [0, 0.1) is 11.3 Å². The Bertz CT molecular complexity index is 2440. The number of fused-ring (bicyclic) bond motifs is 6. The van der Waals surface area contributed by atoms with Gasteiger partial charge in [0.1, 0.15) is 24.3 Å². The number of carbonyl (C=O) groups is 4. The molecule has 1 saturated heterocycles. The normalized spacial score (nSPS) is 34.1. The highest BCUT2D eigenvalue weighted by atomic mass is 16.6. The Morgan fingerprint density at radius 2 is 1.73 bits per heavy atom. The Morgan fingerprint density at radius 1 is 0.968 bits per heavy atom. The van der Waals surface area contributed by atoms with Crippen LogP contribution in [0.1, 0.15) is 68.8 Å². The number of carbonyl (C=O) groups excluding carboxylic acids is 4. The summed E-state index contributed by atoms with van der Waals surface area (Å²) < 4.78 is 29.7. The van der Waals surface area contributed by atoms with Crippen LogP contribution in [0.4, 0.5) is 5.69 Å². The first kappa shape index (κ1) is 42.1. The molecule has 2 aromatic carbocycles. The maximum atomic E-state index is 15.4. The molecule has 1 aromatic heterocycles. The topological polar surface area (TPSA) is 157 Å². The molecule has 0 radical (unpaired) electrons. The Morgan fingerprint density at radius 3 is 2.40 bits per heavy atom. The molecule has 3 aromatic rings. The summed E-state index contributed by atoms with van der Waals surface area (Å²) in [5.74, 6) is -1.99. The predicted molar refractivity (Wildman–Crippen MR) is 229 cm³/mol. The highest BCUT2D eigenvalue weighted by molar-refractivity contribution is 5.95. The molecule has 62 heavy (non-hydrogen) atoms. The lowest BCUT2D eigenvalue weighted by molar-refractivity contribution is -0.934. The zero-order valence-electron chi connectivity index (χ0n) is 37.0. The number of para-hydroxylation sites is 1. The van der Waals surface area contributed by atoms with Crippen molar-refractivity contribution in [3.8, 4) is 5.75 Å². The van der Waals surface area contributed by atoms with Crippen molar-refractivity contribution in [3.05, 3.63) is 82.6 Å². The fourth-order valence-electron chi connectivity index (χ4n) is 13.8. The van der Waals surface area contributed by atoms with Gasteiger partial charge >= 0.3 is 23.9 Å². The van der Waals surface area contributed by atoms with Crippen molar-refractivity contribution in [1.82, 2.24) is 9.88 Å². The highest BCUT2D eigenvalue weighted by Gasteiger charge is 2.80. The first-order valence-corrected chi connectivity index (χ1v) is 21.8. The number of rotatable bonds is 9. The third-order valence-electron chi connectivity index (χ3n) is 15.8. The van der Waals surface area contributed by atoms with E-state index in [1.54, 1.807) is 7.11 Å². The summed E-state index contributed by atoms with van der Waals surface area (Å²) in [5.41, 5.74) is 0.115. The van der Waals surface area contributed by atoms with Gasteiger partial charge in [-0.25, -0.2) is 9.59 Å². The quantitative estimate of drug-likeness (QED) is 0.135. The van der Waals surface area contributed by atoms with Crippen LogP contribution >= 0.6 is 0 Å². The zero-order chi connectivity index (χ0) is 44.1. The van der Waals surface area contributed by atoms with E-state index in [4.69, 9.17) is 23.7 Å². The number of quaternary nitrogens is 1. The van der Waals surface area contributed by atoms with Gasteiger partial charge in [-0.15, -0.1) is 0 Å². The van der Waals surface area contributed by atoms with Crippen molar-refractivity contribution in [2.45, 2.75) is 87.6 Å². The molecule has 330 valence electrons. The van der Waals surface area contributed by atoms with Crippen LogP contribution in [0.3, 0.4) is 0 Å². The number of aliphatic hydroxyl groups is 1. The van der Waals surface area contributed by atoms with Gasteiger partial charge in [-0.1, -0.05) is 50.3 Å². The van der Waals surface area contributed by atoms with Crippen LogP contribution in [-0.4, -0.2) is 135 Å². The summed E-state index contributed by atoms with van der Waals surface area (Å²) >= 11 is 0. The van der Waals surface area contributed by atoms with Gasteiger partial charge < -0.3 is 43.2 Å². The summed E-state index contributed by atoms with van der Waals surface area (Å²) in [4.78, 5) is 64.2. The van der Waals surface area contributed by atoms with E-state index in [1.807, 2.05) is 55.3 Å². The zero-order valence-corrected chi connectivity index (χ0v) is 37.0. The summed E-state index contributed by atoms with van der Waals surface area (Å²) in [7, 11) is 7.54. The smallest absolute Gasteiger partial charge is 0.361 e. The summed E-state index contributed by atoms with van der Waals surface area (Å²) in [5, 5.41) is 14.3. The lowest BCUT2D eigenvalue weighted by Crippen LogP contribution is -2.81. The summed E-state index contributed by atoms with van der Waals surface area (Å²) in [6.07, 6.45) is 7.18. The van der Waals surface area contributed by atoms with E-state index in [-0.39, 0.29) is 24.5 Å². The molecule has 9 atom stereocenters. The average molecular weight is 852 g/mol. The van der Waals surface area contributed by atoms with Crippen molar-refractivity contribution in [1.29, 1.82) is 0 Å². The van der Waals surface area contributed by atoms with Crippen molar-refractivity contribution >= 4 is 40.5 Å². The molecule has 1 saturated carbocycles. The predicted octanol–water partition coefficient (Wildman–Crippen LogP) is 4.44. The molecule has 6 aliphatic rings. The van der Waals surface area contributed by atoms with Crippen LogP contribution in [0.25, 0.3) is 10.9 Å². The van der Waals surface area contributed by atoms with Gasteiger partial charge in [-0.3, -0.25) is 14.5 Å². The van der Waals surface area contributed by atoms with E-state index in [0.29, 0.717) is 73.5 Å². The first-order valence-electron chi connectivity index (χ1n) is 21.8. The molecule has 2 bridgehead atoms. The second-order valence-electron chi connectivity index (χ2n) is 18.6. The average Bonchev–Trinajstić information content (AvgIpc) is 3.92. The third-order valence-corrected chi connectivity index (χ3v) is 15.8. The molecule has 1 aliphatic carbocycles. The maximum absolute atomic E-state index is 15.4. The number of methoxy groups -OCH3 is 4. The molecule has 14 nitrogen and oxygen atoms in total. The van der Waals surface area contributed by atoms with E-state index in [0.717, 1.165) is 34.1 Å². The van der Waals surface area contributed by atoms with Gasteiger partial charge in [0.25, 0.3) is 0 Å². The number of aromatic nitrogens is 1. The monoisotopic (exact) mass is 851 g/mol. The minimum absolute atomic E-state index is 0.171. The van der Waals surface area contributed by atoms with Gasteiger partial charge in [0, 0.05) is 82.8 Å². The lowest BCUT2D eigenvalue weighted by atomic mass is 9.47. The molecule has 0 unspecified atom stereocenters. The minimum Gasteiger partial charge on any atom is -0.496 e. The van der Waals surface area contributed by atoms with E-state index >= 15 is 4.79 Å². The Labute approximate surface area is 362 Å². The Hall–Kier alpha value is -5.18. The fourth-order valence-corrected chi connectivity index (χ4v) is 13.8. The van der Waals surface area contributed by atoms with Gasteiger partial charge in [0.15, 0.2) is 12.6 Å². The minimum atomic E-state index is -2.32. The second-order valence-corrected chi connectivity index (χ2v) is 18.6. The number of benzene rings is 2. The van der Waals surface area contributed by atoms with Gasteiger partial charge in [0.2, 0.25) is 5.60 Å². The van der Waals surface area contributed by atoms with E-state index in [1.165, 1.54) is 33.8 Å². The van der Waals surface area contributed by atoms with E-state index < -0.39 is 51.9 Å². The molecule has 14 heteroatoms. The largest absolute Gasteiger partial charge is 0.496 e. The SMILES string of the molecule is CCC1=C[C@H]2C[C@](C(=O)OC)(c3cc4c(cc3OC)N(C)[C@H]3[C@@](O)(C(=O)OC)[C@H](OC(C)=O)[C@]5(CC)C=CCN6CC[C@]43[C@@H]65)c3[nH]c4ccccc4c3C[N@@+](CC(=O)OC)(C1)C2. The van der Waals surface area contributed by atoms with Gasteiger partial charge in [-0.2, -0.15) is 0 Å². The molecule has 2 fully saturated rings. The summed E-state index contributed by atoms with van der Waals surface area (Å²) in [6, 6.07) is 10.8. The summed E-state index contributed by atoms with van der Waals surface area (Å²) in [6.45, 7) is 8.61. The molecule has 0 amide bonds. The number of hydrogen-bond acceptors (Lipinski definition) is 12. The molecule has 5 aliphatic heterocycles. The van der Waals surface area contributed by atoms with Crippen molar-refractivity contribution in [2.24, 2.45) is 11.3 Å². The number of aromatic amines is 1. The standard InChI is InChI=1S/C48H59N4O10/c1-9-29-20-30-23-47(43(55)60-7,39-32(31-14-11-12-15-35(31)49-39)26-52(24-29,25-30)27-38(54)59-6)34-21-33-36(22-37(34)58-5)50(4)41-46(33)17-19-51-18-13-16-45(10-2,40(46)51)42(62-28(3)53)48(41,57)44(56)61-8/h11-16,20-22,30,40-42,49,57H,9-10,17-19,23-27H2,1-8H3/q+1/t30-,40-,41+,42+,45+,46+,47-,48-,52+/m0/s1. The van der Waals surface area contributed by atoms with Crippen LogP contribution in [-0.2, 0) is 55.5 Å². The van der Waals surface area contributed by atoms with Crippen LogP contribution in [0.5, 0.6) is 5.75 Å². The molecule has 1 spiro atoms. The van der Waals surface area contributed by atoms with Crippen LogP contribution in [0.2, 0.25) is 0 Å². The molecular formula is C48H59N4O10+. The Kier molecular flexibility index (Phi) is 9.99. The number of hydrogen-bond donors (Lipinski definition) is 2. The number of nitrogens with zero attached hydrogens (tertiary/aromatic N) is 3. The highest BCUT2D eigenvalue weighted by Crippen LogP contribution is 2.68. The molecule has 2 N–H and O–H groups in total. The fraction of sp³-hybridized carbons (Fsp3) is 0.542. The first-order chi connectivity index (χ1) is 29.7. The Balaban J connectivity index is 1.37. The number of nitrogens with one attached hydrogen (secondary N) is 1. The number of anilines is 1. The van der Waals surface area contributed by atoms with E-state index in [2.05, 4.69) is 35.0 Å². The van der Waals surface area contributed by atoms with Gasteiger partial charge in [-0.05, 0) is 55.5 Å². The van der Waals surface area contributed by atoms with Crippen LogP contribution in [0.15, 0.2) is 60.2 Å². The van der Waals surface area contributed by atoms with Crippen molar-refractivity contribution in [3.63, 3.8) is 0 Å². The lowest BCUT2D eigenvalue weighted by Gasteiger charge is -2.63. The number of likely N-dealkylation sites (N-methyl/N-ethyl adjacent to an activating group) is 1.